The molecule has 7 nitrogen and oxygen atoms in total. The summed E-state index contributed by atoms with van der Waals surface area (Å²) in [5.74, 6) is 1.59. The van der Waals surface area contributed by atoms with Crippen molar-refractivity contribution in [1.82, 2.24) is 9.78 Å². The fourth-order valence-electron chi connectivity index (χ4n) is 3.48. The van der Waals surface area contributed by atoms with Crippen molar-refractivity contribution in [2.45, 2.75) is 19.3 Å². The zero-order valence-electron chi connectivity index (χ0n) is 15.0. The zero-order chi connectivity index (χ0) is 18.8. The van der Waals surface area contributed by atoms with Gasteiger partial charge in [-0.3, -0.25) is 10.1 Å². The first-order chi connectivity index (χ1) is 13.2. The number of methoxy groups -OCH3 is 1. The molecule has 2 heterocycles. The van der Waals surface area contributed by atoms with Crippen LogP contribution < -0.4 is 10.1 Å². The van der Waals surface area contributed by atoms with Crippen LogP contribution in [0.3, 0.4) is 0 Å². The van der Waals surface area contributed by atoms with E-state index in [1.54, 1.807) is 30.0 Å². The molecule has 27 heavy (non-hydrogen) atoms. The Labute approximate surface area is 156 Å². The molecule has 0 saturated heterocycles. The average Bonchev–Trinajstić information content (AvgIpc) is 2.88. The van der Waals surface area contributed by atoms with Crippen LogP contribution in [0.2, 0.25) is 0 Å². The molecule has 0 atom stereocenters. The molecule has 3 aromatic rings. The van der Waals surface area contributed by atoms with Crippen LogP contribution in [0.25, 0.3) is 16.9 Å². The van der Waals surface area contributed by atoms with Crippen molar-refractivity contribution < 1.29 is 9.66 Å². The molecule has 0 radical (unpaired) electrons. The molecule has 1 N–H and O–H groups in total. The Kier molecular flexibility index (Phi) is 4.50. The molecule has 1 aliphatic rings. The fourth-order valence-corrected chi connectivity index (χ4v) is 3.48. The molecule has 4 rings (SSSR count). The summed E-state index contributed by atoms with van der Waals surface area (Å²) in [6, 6.07) is 14.4. The Morgan fingerprint density at radius 1 is 1.19 bits per heavy atom. The highest BCUT2D eigenvalue weighted by Gasteiger charge is 2.25. The number of fused-ring (bicyclic) bond motifs is 1. The summed E-state index contributed by atoms with van der Waals surface area (Å²) in [4.78, 5) is 11.1. The number of hydrogen-bond acceptors (Lipinski definition) is 5. The third-order valence-corrected chi connectivity index (χ3v) is 4.78. The van der Waals surface area contributed by atoms with Crippen molar-refractivity contribution in [3.63, 3.8) is 0 Å². The number of nitrogens with zero attached hydrogens (tertiary/aromatic N) is 3. The largest absolute Gasteiger partial charge is 0.497 e. The molecule has 1 aromatic heterocycles. The normalized spacial score (nSPS) is 13.4. The minimum absolute atomic E-state index is 0.0334. The lowest BCUT2D eigenvalue weighted by atomic mass is 10.0. The van der Waals surface area contributed by atoms with Gasteiger partial charge in [0, 0.05) is 23.7 Å². The van der Waals surface area contributed by atoms with Crippen LogP contribution in [-0.2, 0) is 6.42 Å². The maximum Gasteiger partial charge on any atom is 0.294 e. The Morgan fingerprint density at radius 3 is 2.85 bits per heavy atom. The van der Waals surface area contributed by atoms with Crippen molar-refractivity contribution in [2.24, 2.45) is 0 Å². The number of para-hydroxylation sites is 2. The Morgan fingerprint density at radius 2 is 2.04 bits per heavy atom. The summed E-state index contributed by atoms with van der Waals surface area (Å²) in [7, 11) is 1.63. The first kappa shape index (κ1) is 17.1. The van der Waals surface area contributed by atoms with Crippen LogP contribution in [0, 0.1) is 10.1 Å². The lowest BCUT2D eigenvalue weighted by Gasteiger charge is -2.09. The molecule has 0 aliphatic carbocycles. The third-order valence-electron chi connectivity index (χ3n) is 4.78. The van der Waals surface area contributed by atoms with Gasteiger partial charge in [-0.15, -0.1) is 0 Å². The summed E-state index contributed by atoms with van der Waals surface area (Å²) in [5, 5.41) is 19.7. The number of nitro benzene ring substituents is 1. The van der Waals surface area contributed by atoms with E-state index in [9.17, 15) is 10.1 Å². The summed E-state index contributed by atoms with van der Waals surface area (Å²) in [6.07, 6.45) is 2.96. The highest BCUT2D eigenvalue weighted by atomic mass is 16.6. The van der Waals surface area contributed by atoms with Gasteiger partial charge in [0.15, 0.2) is 0 Å². The highest BCUT2D eigenvalue weighted by Crippen LogP contribution is 2.36. The molecule has 0 fully saturated rings. The maximum atomic E-state index is 11.5. The average molecular weight is 364 g/mol. The van der Waals surface area contributed by atoms with E-state index in [0.29, 0.717) is 5.69 Å². The first-order valence-corrected chi connectivity index (χ1v) is 8.93. The summed E-state index contributed by atoms with van der Waals surface area (Å²) in [6.45, 7) is 0.816. The number of anilines is 1. The Balaban J connectivity index is 1.94. The van der Waals surface area contributed by atoms with E-state index in [1.165, 1.54) is 6.07 Å². The van der Waals surface area contributed by atoms with Crippen molar-refractivity contribution in [3.05, 3.63) is 64.2 Å². The maximum absolute atomic E-state index is 11.5. The fraction of sp³-hybridized carbons (Fsp3) is 0.250. The van der Waals surface area contributed by atoms with Gasteiger partial charge in [-0.05, 0) is 37.5 Å². The van der Waals surface area contributed by atoms with E-state index in [0.717, 1.165) is 54.2 Å². The van der Waals surface area contributed by atoms with Gasteiger partial charge < -0.3 is 10.1 Å². The van der Waals surface area contributed by atoms with Gasteiger partial charge >= 0.3 is 0 Å². The predicted octanol–water partition coefficient (Wildman–Crippen LogP) is 4.20. The summed E-state index contributed by atoms with van der Waals surface area (Å²) < 4.78 is 7.02. The lowest BCUT2D eigenvalue weighted by Crippen LogP contribution is -2.08. The van der Waals surface area contributed by atoms with Gasteiger partial charge in [-0.2, -0.15) is 5.10 Å². The molecule has 1 aliphatic heterocycles. The van der Waals surface area contributed by atoms with Gasteiger partial charge in [0.05, 0.1) is 17.7 Å². The number of ether oxygens (including phenoxy) is 1. The first-order valence-electron chi connectivity index (χ1n) is 8.93. The lowest BCUT2D eigenvalue weighted by molar-refractivity contribution is -0.384. The molecule has 0 spiro atoms. The van der Waals surface area contributed by atoms with Crippen LogP contribution in [0.15, 0.2) is 48.5 Å². The molecule has 0 saturated carbocycles. The van der Waals surface area contributed by atoms with Crippen LogP contribution in [0.1, 0.15) is 18.4 Å². The minimum Gasteiger partial charge on any atom is -0.497 e. The molecule has 0 amide bonds. The van der Waals surface area contributed by atoms with Crippen molar-refractivity contribution in [1.29, 1.82) is 0 Å². The number of rotatable bonds is 4. The minimum atomic E-state index is -0.370. The monoisotopic (exact) mass is 364 g/mol. The number of aromatic nitrogens is 2. The molecule has 0 bridgehead atoms. The quantitative estimate of drug-likeness (QED) is 0.554. The Hall–Kier alpha value is -3.35. The Bertz CT molecular complexity index is 997. The van der Waals surface area contributed by atoms with Gasteiger partial charge in [-0.1, -0.05) is 24.3 Å². The number of nitrogens with one attached hydrogen (secondary N) is 1. The van der Waals surface area contributed by atoms with Crippen LogP contribution in [0.5, 0.6) is 5.75 Å². The van der Waals surface area contributed by atoms with Crippen LogP contribution in [-0.4, -0.2) is 28.4 Å². The van der Waals surface area contributed by atoms with E-state index in [-0.39, 0.29) is 10.6 Å². The van der Waals surface area contributed by atoms with Crippen LogP contribution >= 0.6 is 0 Å². The molecule has 138 valence electrons. The topological polar surface area (TPSA) is 82.2 Å². The second-order valence-corrected chi connectivity index (χ2v) is 6.45. The van der Waals surface area contributed by atoms with Gasteiger partial charge in [0.2, 0.25) is 0 Å². The second-order valence-electron chi connectivity index (χ2n) is 6.45. The van der Waals surface area contributed by atoms with Crippen molar-refractivity contribution in [2.75, 3.05) is 19.0 Å². The molecule has 0 unspecified atom stereocenters. The van der Waals surface area contributed by atoms with Crippen LogP contribution in [0.4, 0.5) is 11.5 Å². The van der Waals surface area contributed by atoms with Gasteiger partial charge in [0.1, 0.15) is 17.3 Å². The van der Waals surface area contributed by atoms with E-state index in [1.807, 2.05) is 24.3 Å². The number of hydrogen-bond donors (Lipinski definition) is 1. The molecular formula is C20H20N4O3. The molecule has 7 heteroatoms. The van der Waals surface area contributed by atoms with Gasteiger partial charge in [-0.25, -0.2) is 4.68 Å². The van der Waals surface area contributed by atoms with Gasteiger partial charge in [0.25, 0.3) is 5.69 Å². The standard InChI is InChI=1S/C20H20N4O3/c1-27-15-8-6-7-14(13-15)19-16-9-4-5-12-21-20(16)23(22-19)17-10-2-3-11-18(17)24(25)26/h2-3,6-8,10-11,13,21H,4-5,9,12H2,1H3. The van der Waals surface area contributed by atoms with E-state index in [4.69, 9.17) is 9.84 Å². The van der Waals surface area contributed by atoms with Crippen molar-refractivity contribution in [3.8, 4) is 22.7 Å². The SMILES string of the molecule is COc1cccc(-c2nn(-c3ccccc3[N+](=O)[O-])c3c2CCCCN3)c1. The smallest absolute Gasteiger partial charge is 0.294 e. The number of benzene rings is 2. The van der Waals surface area contributed by atoms with Crippen molar-refractivity contribution >= 4 is 11.5 Å². The zero-order valence-corrected chi connectivity index (χ0v) is 15.0. The van der Waals surface area contributed by atoms with E-state index < -0.39 is 0 Å². The highest BCUT2D eigenvalue weighted by molar-refractivity contribution is 5.73. The summed E-state index contributed by atoms with van der Waals surface area (Å²) in [5.41, 5.74) is 3.34. The number of nitro groups is 1. The van der Waals surface area contributed by atoms with E-state index >= 15 is 0 Å². The molecule has 2 aromatic carbocycles. The predicted molar refractivity (Wildman–Crippen MR) is 104 cm³/mol. The molecular weight excluding hydrogens is 344 g/mol. The van der Waals surface area contributed by atoms with E-state index in [2.05, 4.69) is 5.32 Å². The second kappa shape index (κ2) is 7.11. The third kappa shape index (κ3) is 3.12. The summed E-state index contributed by atoms with van der Waals surface area (Å²) >= 11 is 0.